The molecule has 0 aromatic heterocycles. The predicted molar refractivity (Wildman–Crippen MR) is 63.3 cm³/mol. The summed E-state index contributed by atoms with van der Waals surface area (Å²) in [6.45, 7) is 0. The van der Waals surface area contributed by atoms with Gasteiger partial charge in [0.25, 0.3) is 3.12 Å². The fraction of sp³-hybridized carbons (Fsp3) is 0.125. The maximum Gasteiger partial charge on any atom is 0.415 e. The molecule has 1 rings (SSSR count). The molecule has 0 N–H and O–H groups in total. The molecule has 0 saturated carbocycles. The molecule has 2 nitrogen and oxygen atoms in total. The number of nitrogens with zero attached hydrogens (tertiary/aromatic N) is 1. The van der Waals surface area contributed by atoms with Crippen molar-refractivity contribution in [3.05, 3.63) is 30.3 Å². The van der Waals surface area contributed by atoms with Crippen LogP contribution in [0.3, 0.4) is 0 Å². The smallest absolute Gasteiger partial charge is 0.233 e. The van der Waals surface area contributed by atoms with E-state index in [4.69, 9.17) is 34.8 Å². The third kappa shape index (κ3) is 4.47. The second kappa shape index (κ2) is 5.25. The number of rotatable bonds is 2. The van der Waals surface area contributed by atoms with Crippen LogP contribution in [0.2, 0.25) is 0 Å². The average molecular weight is 289 g/mol. The molecule has 0 spiro atoms. The molecule has 1 amide bonds. The van der Waals surface area contributed by atoms with Gasteiger partial charge in [-0.2, -0.15) is 0 Å². The van der Waals surface area contributed by atoms with Gasteiger partial charge in [0.05, 0.1) is 5.69 Å². The zero-order valence-electron chi connectivity index (χ0n) is 7.16. The van der Waals surface area contributed by atoms with Crippen molar-refractivity contribution in [1.29, 1.82) is 0 Å². The lowest BCUT2D eigenvalue weighted by atomic mass is 10.3. The molecule has 82 valence electrons. The first kappa shape index (κ1) is 12.9. The number of hydrogen-bond donors (Lipinski definition) is 0. The quantitative estimate of drug-likeness (QED) is 0.344. The second-order valence-electron chi connectivity index (χ2n) is 2.42. The number of alkyl halides is 3. The monoisotopic (exact) mass is 287 g/mol. The number of carbonyl (C=O) groups excluding carboxylic acids is 1. The average Bonchev–Trinajstić information content (AvgIpc) is 2.14. The number of amides is 1. The maximum absolute atomic E-state index is 12.7. The molecule has 0 aliphatic rings. The van der Waals surface area contributed by atoms with E-state index in [1.165, 1.54) is 12.1 Å². The van der Waals surface area contributed by atoms with Crippen molar-refractivity contribution in [3.63, 3.8) is 0 Å². The van der Waals surface area contributed by atoms with E-state index in [1.807, 2.05) is 0 Å². The standard InChI is InChI=1S/C8H5Cl3FNOS/c9-8(10,11)15-13(7(12)14)6-4-2-1-3-5-6/h1-5H. The van der Waals surface area contributed by atoms with Crippen LogP contribution in [0.4, 0.5) is 14.9 Å². The second-order valence-corrected chi connectivity index (χ2v) is 6.53. The van der Waals surface area contributed by atoms with Crippen LogP contribution >= 0.6 is 46.8 Å². The van der Waals surface area contributed by atoms with Crippen LogP contribution in [0.1, 0.15) is 0 Å². The van der Waals surface area contributed by atoms with Crippen LogP contribution in [0.5, 0.6) is 0 Å². The first-order chi connectivity index (χ1) is 6.90. The highest BCUT2D eigenvalue weighted by Crippen LogP contribution is 2.43. The first-order valence-electron chi connectivity index (χ1n) is 3.70. The highest BCUT2D eigenvalue weighted by Gasteiger charge is 2.29. The molecule has 15 heavy (non-hydrogen) atoms. The Morgan fingerprint density at radius 1 is 1.27 bits per heavy atom. The molecule has 0 heterocycles. The highest BCUT2D eigenvalue weighted by molar-refractivity contribution is 8.06. The number of carbonyl (C=O) groups is 1. The summed E-state index contributed by atoms with van der Waals surface area (Å²) in [5.41, 5.74) is 0.307. The summed E-state index contributed by atoms with van der Waals surface area (Å²) in [5, 5.41) is 0. The van der Waals surface area contributed by atoms with Gasteiger partial charge in [0, 0.05) is 11.9 Å². The minimum Gasteiger partial charge on any atom is -0.233 e. The van der Waals surface area contributed by atoms with Crippen LogP contribution in [-0.2, 0) is 0 Å². The van der Waals surface area contributed by atoms with E-state index < -0.39 is 9.29 Å². The molecule has 7 heteroatoms. The van der Waals surface area contributed by atoms with Gasteiger partial charge in [0.2, 0.25) is 0 Å². The van der Waals surface area contributed by atoms with Crippen LogP contribution in [0, 0.1) is 0 Å². The molecular weight excluding hydrogens is 284 g/mol. The largest absolute Gasteiger partial charge is 0.415 e. The summed E-state index contributed by atoms with van der Waals surface area (Å²) in [4.78, 5) is 10.7. The van der Waals surface area contributed by atoms with Gasteiger partial charge in [-0.1, -0.05) is 53.0 Å². The van der Waals surface area contributed by atoms with Crippen molar-refractivity contribution in [2.75, 3.05) is 4.31 Å². The zero-order valence-corrected chi connectivity index (χ0v) is 10.2. The molecule has 0 bridgehead atoms. The van der Waals surface area contributed by atoms with Crippen LogP contribution in [-0.4, -0.2) is 9.29 Å². The molecule has 0 saturated heterocycles. The lowest BCUT2D eigenvalue weighted by Crippen LogP contribution is -2.21. The Morgan fingerprint density at radius 2 is 1.80 bits per heavy atom. The zero-order chi connectivity index (χ0) is 11.5. The Kier molecular flexibility index (Phi) is 4.52. The summed E-state index contributed by atoms with van der Waals surface area (Å²) in [6, 6.07) is 8.07. The van der Waals surface area contributed by atoms with Gasteiger partial charge in [-0.15, -0.1) is 4.39 Å². The molecule has 0 unspecified atom stereocenters. The van der Waals surface area contributed by atoms with Crippen LogP contribution in [0.15, 0.2) is 30.3 Å². The predicted octanol–water partition coefficient (Wildman–Crippen LogP) is 4.56. The number of benzene rings is 1. The molecule has 1 aromatic carbocycles. The summed E-state index contributed by atoms with van der Waals surface area (Å²) in [7, 11) is 0. The van der Waals surface area contributed by atoms with E-state index in [-0.39, 0.29) is 0 Å². The summed E-state index contributed by atoms with van der Waals surface area (Å²) in [5.74, 6) is 0. The molecule has 0 fully saturated rings. The Morgan fingerprint density at radius 3 is 2.20 bits per heavy atom. The van der Waals surface area contributed by atoms with E-state index in [9.17, 15) is 9.18 Å². The van der Waals surface area contributed by atoms with Gasteiger partial charge in [0.1, 0.15) is 0 Å². The minimum absolute atomic E-state index is 0.307. The Balaban J connectivity index is 2.90. The molecule has 0 radical (unpaired) electrons. The van der Waals surface area contributed by atoms with E-state index in [1.54, 1.807) is 18.2 Å². The van der Waals surface area contributed by atoms with Gasteiger partial charge in [0.15, 0.2) is 0 Å². The van der Waals surface area contributed by atoms with Crippen molar-refractivity contribution in [2.24, 2.45) is 0 Å². The molecule has 0 aliphatic carbocycles. The number of anilines is 1. The normalized spacial score (nSPS) is 11.2. The molecular formula is C8H5Cl3FNOS. The van der Waals surface area contributed by atoms with Crippen molar-refractivity contribution < 1.29 is 9.18 Å². The molecule has 1 aromatic rings. The van der Waals surface area contributed by atoms with E-state index >= 15 is 0 Å². The van der Waals surface area contributed by atoms with Crippen LogP contribution < -0.4 is 4.31 Å². The van der Waals surface area contributed by atoms with Crippen molar-refractivity contribution in [1.82, 2.24) is 0 Å². The van der Waals surface area contributed by atoms with Gasteiger partial charge in [-0.25, -0.2) is 9.10 Å². The van der Waals surface area contributed by atoms with Crippen molar-refractivity contribution >= 4 is 58.6 Å². The Labute approximate surface area is 105 Å². The van der Waals surface area contributed by atoms with Gasteiger partial charge in [-0.05, 0) is 12.1 Å². The number of para-hydroxylation sites is 1. The molecule has 0 aliphatic heterocycles. The Hall–Kier alpha value is -0.160. The summed E-state index contributed by atoms with van der Waals surface area (Å²) in [6.07, 6.45) is -1.70. The number of halogens is 4. The van der Waals surface area contributed by atoms with Gasteiger partial charge < -0.3 is 0 Å². The SMILES string of the molecule is O=C(F)N(SC(Cl)(Cl)Cl)c1ccccc1. The minimum atomic E-state index is -1.79. The topological polar surface area (TPSA) is 20.3 Å². The number of hydrogen-bond acceptors (Lipinski definition) is 2. The van der Waals surface area contributed by atoms with E-state index in [0.717, 1.165) is 0 Å². The van der Waals surface area contributed by atoms with Crippen molar-refractivity contribution in [2.45, 2.75) is 3.12 Å². The summed E-state index contributed by atoms with van der Waals surface area (Å²) < 4.78 is 11.6. The lowest BCUT2D eigenvalue weighted by Gasteiger charge is -2.20. The van der Waals surface area contributed by atoms with Gasteiger partial charge >= 0.3 is 6.16 Å². The van der Waals surface area contributed by atoms with Crippen LogP contribution in [0.25, 0.3) is 0 Å². The van der Waals surface area contributed by atoms with E-state index in [2.05, 4.69) is 0 Å². The molecule has 0 atom stereocenters. The summed E-state index contributed by atoms with van der Waals surface area (Å²) >= 11 is 16.8. The third-order valence-corrected chi connectivity index (χ3v) is 2.71. The fourth-order valence-electron chi connectivity index (χ4n) is 0.857. The third-order valence-electron chi connectivity index (χ3n) is 1.35. The Bertz CT molecular complexity index is 343. The fourth-order valence-corrected chi connectivity index (χ4v) is 1.98. The first-order valence-corrected chi connectivity index (χ1v) is 5.61. The lowest BCUT2D eigenvalue weighted by molar-refractivity contribution is 0.232. The van der Waals surface area contributed by atoms with Crippen molar-refractivity contribution in [3.8, 4) is 0 Å². The highest BCUT2D eigenvalue weighted by atomic mass is 35.6. The van der Waals surface area contributed by atoms with Gasteiger partial charge in [-0.3, -0.25) is 0 Å². The van der Waals surface area contributed by atoms with E-state index in [0.29, 0.717) is 21.9 Å². The maximum atomic E-state index is 12.7.